The number of nitrogens with one attached hydrogen (secondary N) is 1. The first kappa shape index (κ1) is 12.7. The molecule has 6 heteroatoms. The fourth-order valence-electron chi connectivity index (χ4n) is 0.779. The first-order valence-electron chi connectivity index (χ1n) is 3.92. The zero-order chi connectivity index (χ0) is 10.1. The maximum absolute atomic E-state index is 10.1. The Morgan fingerprint density at radius 1 is 1.46 bits per heavy atom. The molecule has 78 valence electrons. The molecule has 0 aromatic heterocycles. The van der Waals surface area contributed by atoms with Crippen molar-refractivity contribution in [3.05, 3.63) is 0 Å². The molecule has 0 radical (unpaired) electrons. The van der Waals surface area contributed by atoms with E-state index >= 15 is 0 Å². The summed E-state index contributed by atoms with van der Waals surface area (Å²) in [6, 6.07) is 0. The number of aliphatic hydroxyl groups is 2. The maximum Gasteiger partial charge on any atom is 0.317 e. The van der Waals surface area contributed by atoms with Crippen molar-refractivity contribution in [2.45, 2.75) is 0 Å². The van der Waals surface area contributed by atoms with Gasteiger partial charge in [-0.1, -0.05) is 0 Å². The van der Waals surface area contributed by atoms with Crippen molar-refractivity contribution in [2.24, 2.45) is 5.92 Å². The van der Waals surface area contributed by atoms with Gasteiger partial charge in [0.15, 0.2) is 0 Å². The summed E-state index contributed by atoms with van der Waals surface area (Å²) in [6.07, 6.45) is 0. The summed E-state index contributed by atoms with van der Waals surface area (Å²) >= 11 is 1.31. The predicted molar refractivity (Wildman–Crippen MR) is 50.6 cm³/mol. The molecule has 13 heavy (non-hydrogen) atoms. The maximum atomic E-state index is 10.1. The van der Waals surface area contributed by atoms with E-state index in [9.17, 15) is 4.79 Å². The lowest BCUT2D eigenvalue weighted by molar-refractivity contribution is -0.136. The normalized spacial score (nSPS) is 12.8. The highest BCUT2D eigenvalue weighted by molar-refractivity contribution is 7.99. The minimum atomic E-state index is -0.911. The van der Waals surface area contributed by atoms with Gasteiger partial charge in [0, 0.05) is 24.8 Å². The smallest absolute Gasteiger partial charge is 0.317 e. The summed E-state index contributed by atoms with van der Waals surface area (Å²) in [4.78, 5) is 10.1. The van der Waals surface area contributed by atoms with Crippen LogP contribution in [0, 0.1) is 5.92 Å². The summed E-state index contributed by atoms with van der Waals surface area (Å²) in [6.45, 7) is 0.357. The second-order valence-electron chi connectivity index (χ2n) is 2.57. The highest BCUT2D eigenvalue weighted by Crippen LogP contribution is 2.05. The number of aliphatic hydroxyl groups excluding tert-OH is 2. The molecule has 0 aliphatic rings. The van der Waals surface area contributed by atoms with Crippen molar-refractivity contribution in [2.75, 3.05) is 31.4 Å². The number of rotatable bonds is 8. The van der Waals surface area contributed by atoms with E-state index in [-0.39, 0.29) is 25.0 Å². The van der Waals surface area contributed by atoms with Crippen LogP contribution in [0.1, 0.15) is 0 Å². The van der Waals surface area contributed by atoms with Crippen molar-refractivity contribution in [1.29, 1.82) is 0 Å². The van der Waals surface area contributed by atoms with Gasteiger partial charge in [-0.2, -0.15) is 0 Å². The van der Waals surface area contributed by atoms with E-state index in [4.69, 9.17) is 15.3 Å². The minimum absolute atomic E-state index is 0.000378. The third-order valence-electron chi connectivity index (χ3n) is 1.41. The fourth-order valence-corrected chi connectivity index (χ4v) is 1.44. The summed E-state index contributed by atoms with van der Waals surface area (Å²) in [5.74, 6) is -0.266. The first-order chi connectivity index (χ1) is 6.20. The van der Waals surface area contributed by atoms with E-state index in [0.29, 0.717) is 12.3 Å². The zero-order valence-corrected chi connectivity index (χ0v) is 8.09. The van der Waals surface area contributed by atoms with Gasteiger partial charge >= 0.3 is 5.97 Å². The van der Waals surface area contributed by atoms with E-state index in [1.54, 1.807) is 0 Å². The lowest BCUT2D eigenvalue weighted by Gasteiger charge is -2.12. The van der Waals surface area contributed by atoms with Crippen molar-refractivity contribution in [1.82, 2.24) is 5.32 Å². The molecular weight excluding hydrogens is 194 g/mol. The lowest BCUT2D eigenvalue weighted by atomic mass is 10.2. The largest absolute Gasteiger partial charge is 0.480 e. The molecule has 5 nitrogen and oxygen atoms in total. The molecular formula is C7H15NO4S. The Morgan fingerprint density at radius 2 is 2.15 bits per heavy atom. The molecule has 0 aromatic rings. The van der Waals surface area contributed by atoms with E-state index in [1.807, 2.05) is 0 Å². The molecule has 4 N–H and O–H groups in total. The van der Waals surface area contributed by atoms with Crippen LogP contribution in [0.25, 0.3) is 0 Å². The third kappa shape index (κ3) is 8.04. The average Bonchev–Trinajstić information content (AvgIpc) is 2.10. The number of carbonyl (C=O) groups is 1. The Kier molecular flexibility index (Phi) is 8.11. The van der Waals surface area contributed by atoms with Gasteiger partial charge in [-0.15, -0.1) is 11.8 Å². The first-order valence-corrected chi connectivity index (χ1v) is 5.08. The van der Waals surface area contributed by atoms with E-state index in [2.05, 4.69) is 5.32 Å². The molecule has 0 fully saturated rings. The Morgan fingerprint density at radius 3 is 2.62 bits per heavy atom. The van der Waals surface area contributed by atoms with Crippen LogP contribution in [0.15, 0.2) is 0 Å². The van der Waals surface area contributed by atoms with Gasteiger partial charge in [-0.25, -0.2) is 0 Å². The second kappa shape index (κ2) is 8.31. The molecule has 0 aliphatic carbocycles. The van der Waals surface area contributed by atoms with Gasteiger partial charge in [0.05, 0.1) is 12.5 Å². The van der Waals surface area contributed by atoms with Gasteiger partial charge in [0.2, 0.25) is 0 Å². The summed E-state index contributed by atoms with van der Waals surface area (Å²) in [5.41, 5.74) is 0. The molecule has 0 rings (SSSR count). The summed E-state index contributed by atoms with van der Waals surface area (Å²) in [5, 5.41) is 28.3. The lowest BCUT2D eigenvalue weighted by Crippen LogP contribution is -2.30. The van der Waals surface area contributed by atoms with Crippen LogP contribution in [0.2, 0.25) is 0 Å². The van der Waals surface area contributed by atoms with E-state index < -0.39 is 5.97 Å². The van der Waals surface area contributed by atoms with Crippen LogP contribution in [-0.2, 0) is 4.79 Å². The number of hydrogen-bond donors (Lipinski definition) is 4. The second-order valence-corrected chi connectivity index (χ2v) is 3.57. The van der Waals surface area contributed by atoms with Crippen molar-refractivity contribution in [3.8, 4) is 0 Å². The monoisotopic (exact) mass is 209 g/mol. The highest BCUT2D eigenvalue weighted by atomic mass is 32.2. The summed E-state index contributed by atoms with van der Waals surface area (Å²) < 4.78 is 0. The highest BCUT2D eigenvalue weighted by Gasteiger charge is 2.07. The van der Waals surface area contributed by atoms with Crippen molar-refractivity contribution in [3.63, 3.8) is 0 Å². The number of aliphatic carboxylic acids is 1. The van der Waals surface area contributed by atoms with Crippen LogP contribution in [0.5, 0.6) is 0 Å². The van der Waals surface area contributed by atoms with Crippen LogP contribution >= 0.6 is 11.8 Å². The van der Waals surface area contributed by atoms with Crippen LogP contribution in [0.3, 0.4) is 0 Å². The fraction of sp³-hybridized carbons (Fsp3) is 0.857. The molecule has 0 spiro atoms. The Balaban J connectivity index is 3.41. The topological polar surface area (TPSA) is 89.8 Å². The molecule has 0 amide bonds. The molecule has 0 heterocycles. The number of carboxylic acid groups (broad SMARTS) is 1. The Hall–Kier alpha value is -0.300. The van der Waals surface area contributed by atoms with Gasteiger partial charge in [-0.3, -0.25) is 4.79 Å². The van der Waals surface area contributed by atoms with Gasteiger partial charge in [0.25, 0.3) is 0 Å². The Bertz CT molecular complexity index is 144. The number of hydrogen-bond acceptors (Lipinski definition) is 5. The van der Waals surface area contributed by atoms with E-state index in [0.717, 1.165) is 0 Å². The van der Waals surface area contributed by atoms with E-state index in [1.165, 1.54) is 11.8 Å². The van der Waals surface area contributed by atoms with Crippen LogP contribution in [-0.4, -0.2) is 52.7 Å². The molecule has 0 bridgehead atoms. The van der Waals surface area contributed by atoms with Crippen LogP contribution in [0.4, 0.5) is 0 Å². The Labute approximate surface area is 81.1 Å². The van der Waals surface area contributed by atoms with Gasteiger partial charge in [-0.05, 0) is 0 Å². The zero-order valence-electron chi connectivity index (χ0n) is 7.27. The minimum Gasteiger partial charge on any atom is -0.480 e. The quantitative estimate of drug-likeness (QED) is 0.381. The molecule has 1 atom stereocenters. The van der Waals surface area contributed by atoms with Gasteiger partial charge in [0.1, 0.15) is 0 Å². The van der Waals surface area contributed by atoms with Gasteiger partial charge < -0.3 is 20.6 Å². The van der Waals surface area contributed by atoms with Crippen LogP contribution < -0.4 is 5.32 Å². The molecule has 0 saturated carbocycles. The number of thioether (sulfide) groups is 1. The molecule has 0 saturated heterocycles. The van der Waals surface area contributed by atoms with Crippen molar-refractivity contribution < 1.29 is 20.1 Å². The predicted octanol–water partition coefficient (Wildman–Crippen LogP) is -1.05. The molecule has 1 unspecified atom stereocenters. The summed E-state index contributed by atoms with van der Waals surface area (Å²) in [7, 11) is 0. The molecule has 0 aromatic carbocycles. The third-order valence-corrected chi connectivity index (χ3v) is 2.30. The molecule has 0 aliphatic heterocycles. The van der Waals surface area contributed by atoms with Crippen molar-refractivity contribution >= 4 is 17.7 Å². The SMILES string of the molecule is O=C(O)CNCC(CO)CSCO. The number of carboxylic acids is 1. The average molecular weight is 209 g/mol. The standard InChI is InChI=1S/C7H15NO4S/c9-3-6(4-13-5-10)1-8-2-7(11)12/h6,8-10H,1-5H2,(H,11,12).